The molecule has 0 radical (unpaired) electrons. The van der Waals surface area contributed by atoms with E-state index in [0.29, 0.717) is 26.1 Å². The Hall–Kier alpha value is -2.11. The van der Waals surface area contributed by atoms with Gasteiger partial charge in [0, 0.05) is 32.0 Å². The van der Waals surface area contributed by atoms with E-state index in [9.17, 15) is 14.7 Å². The highest BCUT2D eigenvalue weighted by Gasteiger charge is 2.55. The summed E-state index contributed by atoms with van der Waals surface area (Å²) in [6, 6.07) is 3.51. The van der Waals surface area contributed by atoms with E-state index < -0.39 is 11.4 Å². The number of nitrogens with zero attached hydrogens (tertiary/aromatic N) is 2. The Balaban J connectivity index is 1.61. The number of urea groups is 1. The number of fused-ring (bicyclic) bond motifs is 1. The predicted molar refractivity (Wildman–Crippen MR) is 75.5 cm³/mol. The van der Waals surface area contributed by atoms with Gasteiger partial charge in [0.05, 0.1) is 5.41 Å². The van der Waals surface area contributed by atoms with Crippen molar-refractivity contribution in [3.05, 3.63) is 30.1 Å². The normalized spacial score (nSPS) is 27.4. The second-order valence-electron chi connectivity index (χ2n) is 5.95. The number of carbonyl (C=O) groups excluding carboxylic acids is 1. The van der Waals surface area contributed by atoms with Crippen molar-refractivity contribution in [3.63, 3.8) is 0 Å². The summed E-state index contributed by atoms with van der Waals surface area (Å²) in [5, 5.41) is 12.4. The molecule has 1 aliphatic carbocycles. The van der Waals surface area contributed by atoms with Gasteiger partial charge in [-0.3, -0.25) is 9.78 Å². The fourth-order valence-electron chi connectivity index (χ4n) is 3.58. The Labute approximate surface area is 123 Å². The van der Waals surface area contributed by atoms with Crippen molar-refractivity contribution in [2.45, 2.75) is 25.8 Å². The standard InChI is InChI=1S/C15H19N3O3/c19-13(20)15-5-1-2-12(15)9-18(10-15)14(21)17-8-11-3-6-16-7-4-11/h3-4,6-7,12H,1-2,5,8-10H2,(H,17,21)(H,19,20)/t12-,15+/m0/s1. The molecule has 21 heavy (non-hydrogen) atoms. The summed E-state index contributed by atoms with van der Waals surface area (Å²) in [6.45, 7) is 1.31. The van der Waals surface area contributed by atoms with Crippen molar-refractivity contribution in [1.29, 1.82) is 0 Å². The lowest BCUT2D eigenvalue weighted by molar-refractivity contribution is -0.149. The van der Waals surface area contributed by atoms with Crippen molar-refractivity contribution in [2.24, 2.45) is 11.3 Å². The number of likely N-dealkylation sites (tertiary alicyclic amines) is 1. The van der Waals surface area contributed by atoms with Gasteiger partial charge in [0.25, 0.3) is 0 Å². The van der Waals surface area contributed by atoms with Crippen LogP contribution in [0, 0.1) is 11.3 Å². The highest BCUT2D eigenvalue weighted by atomic mass is 16.4. The molecular weight excluding hydrogens is 270 g/mol. The average Bonchev–Trinajstić information content (AvgIpc) is 3.03. The first-order valence-electron chi connectivity index (χ1n) is 7.27. The summed E-state index contributed by atoms with van der Waals surface area (Å²) < 4.78 is 0. The number of carboxylic acids is 1. The second kappa shape index (κ2) is 5.35. The molecule has 112 valence electrons. The van der Waals surface area contributed by atoms with Gasteiger partial charge in [0.2, 0.25) is 0 Å². The van der Waals surface area contributed by atoms with Crippen LogP contribution in [0.5, 0.6) is 0 Å². The van der Waals surface area contributed by atoms with Gasteiger partial charge < -0.3 is 15.3 Å². The van der Waals surface area contributed by atoms with E-state index >= 15 is 0 Å². The fourth-order valence-corrected chi connectivity index (χ4v) is 3.58. The molecule has 2 aliphatic rings. The molecule has 2 N–H and O–H groups in total. The molecule has 6 heteroatoms. The van der Waals surface area contributed by atoms with Crippen LogP contribution >= 0.6 is 0 Å². The van der Waals surface area contributed by atoms with E-state index in [2.05, 4.69) is 10.3 Å². The van der Waals surface area contributed by atoms with Gasteiger partial charge >= 0.3 is 12.0 Å². The molecule has 2 fully saturated rings. The van der Waals surface area contributed by atoms with Crippen LogP contribution in [0.4, 0.5) is 4.79 Å². The van der Waals surface area contributed by atoms with E-state index in [4.69, 9.17) is 0 Å². The Morgan fingerprint density at radius 3 is 2.86 bits per heavy atom. The maximum Gasteiger partial charge on any atom is 0.317 e. The lowest BCUT2D eigenvalue weighted by Crippen LogP contribution is -2.41. The number of pyridine rings is 1. The zero-order chi connectivity index (χ0) is 14.9. The van der Waals surface area contributed by atoms with Crippen molar-refractivity contribution < 1.29 is 14.7 Å². The number of amides is 2. The molecule has 1 aromatic rings. The van der Waals surface area contributed by atoms with Gasteiger partial charge in [0.1, 0.15) is 0 Å². The SMILES string of the molecule is O=C(NCc1ccncc1)N1C[C@@H]2CCC[C@@]2(C(=O)O)C1. The Morgan fingerprint density at radius 1 is 1.43 bits per heavy atom. The van der Waals surface area contributed by atoms with Crippen molar-refractivity contribution in [3.8, 4) is 0 Å². The molecule has 0 bridgehead atoms. The third-order valence-electron chi connectivity index (χ3n) is 4.78. The second-order valence-corrected chi connectivity index (χ2v) is 5.95. The smallest absolute Gasteiger partial charge is 0.317 e. The topological polar surface area (TPSA) is 82.5 Å². The molecule has 2 atom stereocenters. The van der Waals surface area contributed by atoms with Crippen LogP contribution in [0.1, 0.15) is 24.8 Å². The molecule has 3 rings (SSSR count). The number of aromatic nitrogens is 1. The summed E-state index contributed by atoms with van der Waals surface area (Å²) in [7, 11) is 0. The highest BCUT2D eigenvalue weighted by Crippen LogP contribution is 2.48. The molecule has 0 aromatic carbocycles. The summed E-state index contributed by atoms with van der Waals surface area (Å²) >= 11 is 0. The van der Waals surface area contributed by atoms with Gasteiger partial charge in [-0.1, -0.05) is 6.42 Å². The molecule has 2 amide bonds. The van der Waals surface area contributed by atoms with Crippen LogP contribution in [-0.2, 0) is 11.3 Å². The lowest BCUT2D eigenvalue weighted by Gasteiger charge is -2.23. The van der Waals surface area contributed by atoms with Crippen LogP contribution in [0.2, 0.25) is 0 Å². The minimum Gasteiger partial charge on any atom is -0.481 e. The molecule has 0 spiro atoms. The predicted octanol–water partition coefficient (Wildman–Crippen LogP) is 1.48. The van der Waals surface area contributed by atoms with Crippen molar-refractivity contribution >= 4 is 12.0 Å². The van der Waals surface area contributed by atoms with E-state index in [0.717, 1.165) is 18.4 Å². The third kappa shape index (κ3) is 2.46. The van der Waals surface area contributed by atoms with Gasteiger partial charge in [-0.2, -0.15) is 0 Å². The third-order valence-corrected chi connectivity index (χ3v) is 4.78. The maximum atomic E-state index is 12.2. The summed E-state index contributed by atoms with van der Waals surface area (Å²) in [6.07, 6.45) is 5.90. The zero-order valence-corrected chi connectivity index (χ0v) is 11.8. The highest BCUT2D eigenvalue weighted by molar-refractivity contribution is 5.80. The van der Waals surface area contributed by atoms with Gasteiger partial charge in [-0.05, 0) is 36.5 Å². The number of aliphatic carboxylic acids is 1. The van der Waals surface area contributed by atoms with Crippen LogP contribution in [0.25, 0.3) is 0 Å². The van der Waals surface area contributed by atoms with Gasteiger partial charge in [-0.15, -0.1) is 0 Å². The van der Waals surface area contributed by atoms with Crippen LogP contribution in [0.3, 0.4) is 0 Å². The average molecular weight is 289 g/mol. The largest absolute Gasteiger partial charge is 0.481 e. The molecule has 1 aromatic heterocycles. The van der Waals surface area contributed by atoms with Crippen LogP contribution in [-0.4, -0.2) is 40.1 Å². The van der Waals surface area contributed by atoms with Gasteiger partial charge in [-0.25, -0.2) is 4.79 Å². The van der Waals surface area contributed by atoms with Gasteiger partial charge in [0.15, 0.2) is 0 Å². The van der Waals surface area contributed by atoms with Crippen molar-refractivity contribution in [1.82, 2.24) is 15.2 Å². The minimum absolute atomic E-state index is 0.0988. The summed E-state index contributed by atoms with van der Waals surface area (Å²) in [5.41, 5.74) is 0.263. The summed E-state index contributed by atoms with van der Waals surface area (Å²) in [4.78, 5) is 29.4. The number of carbonyl (C=O) groups is 2. The van der Waals surface area contributed by atoms with E-state index in [1.54, 1.807) is 17.3 Å². The van der Waals surface area contributed by atoms with E-state index in [-0.39, 0.29) is 11.9 Å². The monoisotopic (exact) mass is 289 g/mol. The Morgan fingerprint density at radius 2 is 2.19 bits per heavy atom. The Bertz CT molecular complexity index is 548. The molecule has 6 nitrogen and oxygen atoms in total. The molecule has 0 unspecified atom stereocenters. The van der Waals surface area contributed by atoms with Crippen molar-refractivity contribution in [2.75, 3.05) is 13.1 Å². The quantitative estimate of drug-likeness (QED) is 0.883. The lowest BCUT2D eigenvalue weighted by atomic mass is 9.81. The molecular formula is C15H19N3O3. The molecule has 1 saturated carbocycles. The first kappa shape index (κ1) is 13.9. The molecule has 1 aliphatic heterocycles. The number of rotatable bonds is 3. The molecule has 1 saturated heterocycles. The van der Waals surface area contributed by atoms with Crippen LogP contribution in [0.15, 0.2) is 24.5 Å². The maximum absolute atomic E-state index is 12.2. The first-order chi connectivity index (χ1) is 10.1. The van der Waals surface area contributed by atoms with E-state index in [1.807, 2.05) is 12.1 Å². The van der Waals surface area contributed by atoms with E-state index in [1.165, 1.54) is 0 Å². The fraction of sp³-hybridized carbons (Fsp3) is 0.533. The van der Waals surface area contributed by atoms with Crippen LogP contribution < -0.4 is 5.32 Å². The Kier molecular flexibility index (Phi) is 3.53. The number of hydrogen-bond acceptors (Lipinski definition) is 3. The zero-order valence-electron chi connectivity index (χ0n) is 11.8. The molecule has 2 heterocycles. The number of hydrogen-bond donors (Lipinski definition) is 2. The summed E-state index contributed by atoms with van der Waals surface area (Å²) in [5.74, 6) is -0.656. The minimum atomic E-state index is -0.755. The number of nitrogens with one attached hydrogen (secondary N) is 1. The number of carboxylic acid groups (broad SMARTS) is 1. The first-order valence-corrected chi connectivity index (χ1v) is 7.27.